The summed E-state index contributed by atoms with van der Waals surface area (Å²) in [6.45, 7) is 4.24. The molecule has 1 aromatic rings. The molecule has 0 bridgehead atoms. The van der Waals surface area contributed by atoms with E-state index in [2.05, 4.69) is 21.0 Å². The number of carbonyl (C=O) groups is 1. The average Bonchev–Trinajstić information content (AvgIpc) is 2.37. The van der Waals surface area contributed by atoms with Gasteiger partial charge in [0.05, 0.1) is 23.0 Å². The number of esters is 1. The molecular weight excluding hydrogens is 236 g/mol. The van der Waals surface area contributed by atoms with Crippen molar-refractivity contribution in [2.75, 3.05) is 6.61 Å². The van der Waals surface area contributed by atoms with Crippen molar-refractivity contribution in [3.05, 3.63) is 16.4 Å². The fourth-order valence-corrected chi connectivity index (χ4v) is 1.21. The zero-order valence-electron chi connectivity index (χ0n) is 7.58. The lowest BCUT2D eigenvalue weighted by molar-refractivity contribution is -0.144. The molecular formula is C8H11BrN2O2. The van der Waals surface area contributed by atoms with Crippen LogP contribution in [0, 0.1) is 6.92 Å². The minimum atomic E-state index is -0.263. The van der Waals surface area contributed by atoms with Crippen molar-refractivity contribution < 1.29 is 9.53 Å². The molecule has 1 rings (SSSR count). The van der Waals surface area contributed by atoms with E-state index in [9.17, 15) is 4.79 Å². The highest BCUT2D eigenvalue weighted by atomic mass is 79.9. The van der Waals surface area contributed by atoms with E-state index in [-0.39, 0.29) is 12.5 Å². The largest absolute Gasteiger partial charge is 0.465 e. The monoisotopic (exact) mass is 246 g/mol. The molecule has 72 valence electrons. The Hall–Kier alpha value is -0.840. The highest BCUT2D eigenvalue weighted by Crippen LogP contribution is 2.13. The van der Waals surface area contributed by atoms with Crippen LogP contribution in [-0.2, 0) is 16.1 Å². The Morgan fingerprint density at radius 3 is 2.92 bits per heavy atom. The van der Waals surface area contributed by atoms with E-state index in [1.54, 1.807) is 17.8 Å². The molecule has 4 nitrogen and oxygen atoms in total. The summed E-state index contributed by atoms with van der Waals surface area (Å²) in [5.74, 6) is -0.263. The van der Waals surface area contributed by atoms with Crippen LogP contribution in [-0.4, -0.2) is 22.4 Å². The van der Waals surface area contributed by atoms with Crippen molar-refractivity contribution in [1.82, 2.24) is 9.78 Å². The first kappa shape index (κ1) is 10.2. The molecule has 0 atom stereocenters. The lowest BCUT2D eigenvalue weighted by Crippen LogP contribution is -2.15. The Morgan fingerprint density at radius 1 is 1.77 bits per heavy atom. The molecule has 13 heavy (non-hydrogen) atoms. The Kier molecular flexibility index (Phi) is 3.48. The molecule has 5 heteroatoms. The lowest BCUT2D eigenvalue weighted by atomic mass is 10.5. The fraction of sp³-hybridized carbons (Fsp3) is 0.500. The lowest BCUT2D eigenvalue weighted by Gasteiger charge is -2.03. The standard InChI is InChI=1S/C8H11BrN2O2/c1-3-13-8(12)5-11-6(2)7(9)4-10-11/h4H,3,5H2,1-2H3. The van der Waals surface area contributed by atoms with Crippen molar-refractivity contribution in [3.63, 3.8) is 0 Å². The Labute approximate surface area is 85.0 Å². The third-order valence-electron chi connectivity index (χ3n) is 1.63. The number of nitrogens with zero attached hydrogens (tertiary/aromatic N) is 2. The summed E-state index contributed by atoms with van der Waals surface area (Å²) < 4.78 is 7.29. The first-order valence-electron chi connectivity index (χ1n) is 3.98. The summed E-state index contributed by atoms with van der Waals surface area (Å²) in [6, 6.07) is 0. The highest BCUT2D eigenvalue weighted by molar-refractivity contribution is 9.10. The van der Waals surface area contributed by atoms with Gasteiger partial charge in [-0.3, -0.25) is 9.48 Å². The van der Waals surface area contributed by atoms with Gasteiger partial charge in [-0.15, -0.1) is 0 Å². The summed E-state index contributed by atoms with van der Waals surface area (Å²) >= 11 is 3.31. The van der Waals surface area contributed by atoms with Crippen molar-refractivity contribution in [1.29, 1.82) is 0 Å². The van der Waals surface area contributed by atoms with Crippen LogP contribution in [0.1, 0.15) is 12.6 Å². The quantitative estimate of drug-likeness (QED) is 0.760. The van der Waals surface area contributed by atoms with Crippen molar-refractivity contribution in [2.24, 2.45) is 0 Å². The Bertz CT molecular complexity index is 309. The van der Waals surface area contributed by atoms with E-state index in [0.29, 0.717) is 6.61 Å². The molecule has 0 amide bonds. The van der Waals surface area contributed by atoms with Crippen LogP contribution >= 0.6 is 15.9 Å². The molecule has 0 aliphatic carbocycles. The van der Waals surface area contributed by atoms with Crippen LogP contribution in [0.15, 0.2) is 10.7 Å². The average molecular weight is 247 g/mol. The van der Waals surface area contributed by atoms with Gasteiger partial charge in [0.25, 0.3) is 0 Å². The molecule has 0 unspecified atom stereocenters. The van der Waals surface area contributed by atoms with E-state index in [4.69, 9.17) is 4.74 Å². The molecule has 0 radical (unpaired) electrons. The fourth-order valence-electron chi connectivity index (χ4n) is 0.912. The minimum Gasteiger partial charge on any atom is -0.465 e. The van der Waals surface area contributed by atoms with Crippen molar-refractivity contribution in [2.45, 2.75) is 20.4 Å². The summed E-state index contributed by atoms with van der Waals surface area (Å²) in [7, 11) is 0. The van der Waals surface area contributed by atoms with Gasteiger partial charge in [0.15, 0.2) is 0 Å². The van der Waals surface area contributed by atoms with Crippen molar-refractivity contribution in [3.8, 4) is 0 Å². The SMILES string of the molecule is CCOC(=O)Cn1ncc(Br)c1C. The number of hydrogen-bond acceptors (Lipinski definition) is 3. The van der Waals surface area contributed by atoms with Crippen LogP contribution in [0.3, 0.4) is 0 Å². The smallest absolute Gasteiger partial charge is 0.327 e. The molecule has 1 aromatic heterocycles. The zero-order chi connectivity index (χ0) is 9.84. The maximum Gasteiger partial charge on any atom is 0.327 e. The van der Waals surface area contributed by atoms with E-state index in [0.717, 1.165) is 10.2 Å². The molecule has 0 saturated carbocycles. The van der Waals surface area contributed by atoms with Gasteiger partial charge >= 0.3 is 5.97 Å². The molecule has 0 N–H and O–H groups in total. The number of ether oxygens (including phenoxy) is 1. The van der Waals surface area contributed by atoms with Gasteiger partial charge in [-0.05, 0) is 29.8 Å². The summed E-state index contributed by atoms with van der Waals surface area (Å²) in [5, 5.41) is 4.01. The van der Waals surface area contributed by atoms with Crippen LogP contribution in [0.25, 0.3) is 0 Å². The topological polar surface area (TPSA) is 44.1 Å². The third-order valence-corrected chi connectivity index (χ3v) is 2.41. The van der Waals surface area contributed by atoms with E-state index < -0.39 is 0 Å². The van der Waals surface area contributed by atoms with Gasteiger partial charge < -0.3 is 4.74 Å². The van der Waals surface area contributed by atoms with E-state index in [1.165, 1.54) is 0 Å². The van der Waals surface area contributed by atoms with Crippen LogP contribution in [0.2, 0.25) is 0 Å². The number of halogens is 1. The Balaban J connectivity index is 2.64. The van der Waals surface area contributed by atoms with Gasteiger partial charge in [-0.1, -0.05) is 0 Å². The molecule has 0 aliphatic heterocycles. The molecule has 0 spiro atoms. The van der Waals surface area contributed by atoms with E-state index in [1.807, 2.05) is 6.92 Å². The summed E-state index contributed by atoms with van der Waals surface area (Å²) in [4.78, 5) is 11.1. The normalized spacial score (nSPS) is 10.1. The first-order chi connectivity index (χ1) is 6.15. The van der Waals surface area contributed by atoms with Crippen LogP contribution in [0.4, 0.5) is 0 Å². The molecule has 1 heterocycles. The number of hydrogen-bond donors (Lipinski definition) is 0. The predicted octanol–water partition coefficient (Wildman–Crippen LogP) is 1.52. The Morgan fingerprint density at radius 2 is 2.46 bits per heavy atom. The second-order valence-corrected chi connectivity index (χ2v) is 3.39. The third kappa shape index (κ3) is 2.55. The van der Waals surface area contributed by atoms with Gasteiger partial charge in [-0.2, -0.15) is 5.10 Å². The second-order valence-electron chi connectivity index (χ2n) is 2.54. The number of aromatic nitrogens is 2. The maximum absolute atomic E-state index is 11.1. The second kappa shape index (κ2) is 4.41. The van der Waals surface area contributed by atoms with Crippen LogP contribution < -0.4 is 0 Å². The van der Waals surface area contributed by atoms with E-state index >= 15 is 0 Å². The predicted molar refractivity (Wildman–Crippen MR) is 51.3 cm³/mol. The zero-order valence-corrected chi connectivity index (χ0v) is 9.17. The van der Waals surface area contributed by atoms with Gasteiger partial charge in [0, 0.05) is 0 Å². The minimum absolute atomic E-state index is 0.172. The van der Waals surface area contributed by atoms with Gasteiger partial charge in [0.2, 0.25) is 0 Å². The summed E-state index contributed by atoms with van der Waals surface area (Å²) in [5.41, 5.74) is 0.924. The molecule has 0 aromatic carbocycles. The molecule has 0 saturated heterocycles. The number of carbonyl (C=O) groups excluding carboxylic acids is 1. The van der Waals surface area contributed by atoms with Crippen molar-refractivity contribution >= 4 is 21.9 Å². The molecule has 0 aliphatic rings. The number of rotatable bonds is 3. The van der Waals surface area contributed by atoms with Crippen LogP contribution in [0.5, 0.6) is 0 Å². The highest BCUT2D eigenvalue weighted by Gasteiger charge is 2.08. The first-order valence-corrected chi connectivity index (χ1v) is 4.78. The molecule has 0 fully saturated rings. The maximum atomic E-state index is 11.1. The van der Waals surface area contributed by atoms with Gasteiger partial charge in [-0.25, -0.2) is 0 Å². The summed E-state index contributed by atoms with van der Waals surface area (Å²) in [6.07, 6.45) is 1.66. The van der Waals surface area contributed by atoms with Gasteiger partial charge in [0.1, 0.15) is 6.54 Å².